The predicted molar refractivity (Wildman–Crippen MR) is 84.6 cm³/mol. The minimum absolute atomic E-state index is 0.0381. The van der Waals surface area contributed by atoms with Gasteiger partial charge in [-0.3, -0.25) is 4.90 Å². The highest BCUT2D eigenvalue weighted by molar-refractivity contribution is 7.43. The molecule has 0 radical (unpaired) electrons. The summed E-state index contributed by atoms with van der Waals surface area (Å²) in [6.07, 6.45) is 6.23. The predicted octanol–water partition coefficient (Wildman–Crippen LogP) is -0.542. The van der Waals surface area contributed by atoms with Gasteiger partial charge in [-0.2, -0.15) is 0 Å². The number of nitrogens with zero attached hydrogens (tertiary/aromatic N) is 1. The van der Waals surface area contributed by atoms with Gasteiger partial charge < -0.3 is 34.2 Å². The third-order valence-electron chi connectivity index (χ3n) is 3.00. The Balaban J connectivity index is 0. The van der Waals surface area contributed by atoms with Crippen molar-refractivity contribution in [3.63, 3.8) is 0 Å². The lowest BCUT2D eigenvalue weighted by molar-refractivity contribution is -0.341. The van der Waals surface area contributed by atoms with E-state index in [1.807, 2.05) is 0 Å². The van der Waals surface area contributed by atoms with Gasteiger partial charge in [-0.25, -0.2) is 0 Å². The summed E-state index contributed by atoms with van der Waals surface area (Å²) in [5, 5.41) is 25.5. The molecule has 9 heteroatoms. The molecular weight excluding hydrogens is 325 g/mol. The third-order valence-corrected chi connectivity index (χ3v) is 3.49. The second-order valence-corrected chi connectivity index (χ2v) is 6.21. The fraction of sp³-hybridized carbons (Fsp3) is 1.00. The van der Waals surface area contributed by atoms with E-state index in [2.05, 4.69) is 11.4 Å². The SMILES string of the molecule is CCCCCCCCOP(=O)([O-])[O-].OCCN(CCO)CCO. The molecule has 0 saturated heterocycles. The second-order valence-electron chi connectivity index (χ2n) is 5.06. The number of aliphatic hydroxyl groups excluding tert-OH is 3. The van der Waals surface area contributed by atoms with Crippen LogP contribution in [-0.2, 0) is 9.09 Å². The quantitative estimate of drug-likeness (QED) is 0.278. The van der Waals surface area contributed by atoms with Crippen LogP contribution in [0.5, 0.6) is 0 Å². The number of phosphoric ester groups is 1. The Morgan fingerprint density at radius 2 is 1.30 bits per heavy atom. The molecule has 0 amide bonds. The van der Waals surface area contributed by atoms with Gasteiger partial charge in [-0.15, -0.1) is 0 Å². The van der Waals surface area contributed by atoms with Crippen molar-refractivity contribution in [2.24, 2.45) is 0 Å². The zero-order valence-electron chi connectivity index (χ0n) is 14.1. The lowest BCUT2D eigenvalue weighted by Crippen LogP contribution is -2.32. The van der Waals surface area contributed by atoms with E-state index in [4.69, 9.17) is 15.3 Å². The van der Waals surface area contributed by atoms with Crippen LogP contribution in [0.4, 0.5) is 0 Å². The molecule has 8 nitrogen and oxygen atoms in total. The van der Waals surface area contributed by atoms with Crippen molar-refractivity contribution in [3.8, 4) is 0 Å². The average molecular weight is 357 g/mol. The summed E-state index contributed by atoms with van der Waals surface area (Å²) >= 11 is 0. The summed E-state index contributed by atoms with van der Waals surface area (Å²) in [7, 11) is -4.73. The Bertz CT molecular complexity index is 262. The van der Waals surface area contributed by atoms with Crippen molar-refractivity contribution in [1.82, 2.24) is 4.90 Å². The Hall–Kier alpha value is -0.0500. The lowest BCUT2D eigenvalue weighted by atomic mass is 10.1. The normalized spacial score (nSPS) is 11.4. The van der Waals surface area contributed by atoms with Gasteiger partial charge in [0.1, 0.15) is 0 Å². The smallest absolute Gasteiger partial charge is 0.0596 e. The molecule has 0 atom stereocenters. The van der Waals surface area contributed by atoms with Gasteiger partial charge in [0.25, 0.3) is 0 Å². The first kappa shape index (κ1) is 25.2. The van der Waals surface area contributed by atoms with Crippen LogP contribution in [0, 0.1) is 0 Å². The number of phosphoric acid groups is 1. The summed E-state index contributed by atoms with van der Waals surface area (Å²) in [4.78, 5) is 21.8. The maximum atomic E-state index is 10.0. The van der Waals surface area contributed by atoms with Crippen LogP contribution < -0.4 is 9.79 Å². The minimum atomic E-state index is -4.73. The molecule has 0 rings (SSSR count). The first-order valence-electron chi connectivity index (χ1n) is 8.12. The van der Waals surface area contributed by atoms with Crippen molar-refractivity contribution in [2.45, 2.75) is 45.4 Å². The summed E-state index contributed by atoms with van der Waals surface area (Å²) in [5.74, 6) is 0. The van der Waals surface area contributed by atoms with E-state index in [-0.39, 0.29) is 26.4 Å². The zero-order chi connectivity index (χ0) is 18.0. The molecule has 0 heterocycles. The molecule has 0 aromatic rings. The molecule has 0 fully saturated rings. The van der Waals surface area contributed by atoms with Gasteiger partial charge in [0.2, 0.25) is 0 Å². The number of unbranched alkanes of at least 4 members (excludes halogenated alkanes) is 5. The molecule has 3 N–H and O–H groups in total. The van der Waals surface area contributed by atoms with Crippen LogP contribution in [0.2, 0.25) is 0 Å². The number of aliphatic hydroxyl groups is 3. The molecule has 0 aliphatic rings. The molecule has 0 aromatic heterocycles. The molecule has 0 aliphatic heterocycles. The highest BCUT2D eigenvalue weighted by Crippen LogP contribution is 2.24. The largest absolute Gasteiger partial charge is 0.790 e. The fourth-order valence-electron chi connectivity index (χ4n) is 1.82. The van der Waals surface area contributed by atoms with Crippen LogP contribution in [-0.4, -0.2) is 66.3 Å². The highest BCUT2D eigenvalue weighted by Gasteiger charge is 2.00. The molecule has 0 spiro atoms. The Labute approximate surface area is 139 Å². The first-order chi connectivity index (χ1) is 10.9. The molecule has 0 aliphatic carbocycles. The first-order valence-corrected chi connectivity index (χ1v) is 9.58. The Morgan fingerprint density at radius 3 is 1.70 bits per heavy atom. The molecule has 0 unspecified atom stereocenters. The third kappa shape index (κ3) is 24.3. The Morgan fingerprint density at radius 1 is 0.870 bits per heavy atom. The van der Waals surface area contributed by atoms with Gasteiger partial charge >= 0.3 is 0 Å². The Kier molecular flexibility index (Phi) is 20.0. The second kappa shape index (κ2) is 18.3. The minimum Gasteiger partial charge on any atom is -0.790 e. The van der Waals surface area contributed by atoms with Crippen molar-refractivity contribution in [3.05, 3.63) is 0 Å². The zero-order valence-corrected chi connectivity index (χ0v) is 15.0. The lowest BCUT2D eigenvalue weighted by Gasteiger charge is -2.28. The van der Waals surface area contributed by atoms with Crippen LogP contribution >= 0.6 is 7.82 Å². The number of hydrogen-bond acceptors (Lipinski definition) is 8. The van der Waals surface area contributed by atoms with E-state index in [9.17, 15) is 14.4 Å². The summed E-state index contributed by atoms with van der Waals surface area (Å²) in [6, 6.07) is 0. The summed E-state index contributed by atoms with van der Waals surface area (Å²) in [6.45, 7) is 3.92. The average Bonchev–Trinajstić information content (AvgIpc) is 2.47. The van der Waals surface area contributed by atoms with E-state index < -0.39 is 7.82 Å². The molecule has 23 heavy (non-hydrogen) atoms. The monoisotopic (exact) mass is 357 g/mol. The highest BCUT2D eigenvalue weighted by atomic mass is 31.2. The van der Waals surface area contributed by atoms with Crippen molar-refractivity contribution >= 4 is 7.82 Å². The van der Waals surface area contributed by atoms with Crippen LogP contribution in [0.1, 0.15) is 45.4 Å². The molecular formula is C14H32NO7P-2. The van der Waals surface area contributed by atoms with E-state index in [1.54, 1.807) is 4.90 Å². The maximum Gasteiger partial charge on any atom is 0.0596 e. The van der Waals surface area contributed by atoms with Crippen molar-refractivity contribution in [1.29, 1.82) is 0 Å². The van der Waals surface area contributed by atoms with Gasteiger partial charge in [-0.1, -0.05) is 39.0 Å². The fourth-order valence-corrected chi connectivity index (χ4v) is 2.17. The van der Waals surface area contributed by atoms with E-state index in [0.29, 0.717) is 26.1 Å². The maximum absolute atomic E-state index is 10.0. The van der Waals surface area contributed by atoms with Gasteiger partial charge in [0, 0.05) is 19.6 Å². The molecule has 0 aromatic carbocycles. The van der Waals surface area contributed by atoms with E-state index in [1.165, 1.54) is 19.3 Å². The summed E-state index contributed by atoms with van der Waals surface area (Å²) in [5.41, 5.74) is 0. The summed E-state index contributed by atoms with van der Waals surface area (Å²) < 4.78 is 14.1. The van der Waals surface area contributed by atoms with Gasteiger partial charge in [-0.05, 0) is 6.42 Å². The number of hydrogen-bond donors (Lipinski definition) is 3. The van der Waals surface area contributed by atoms with Crippen molar-refractivity contribution < 1.29 is 34.2 Å². The van der Waals surface area contributed by atoms with Crippen LogP contribution in [0.15, 0.2) is 0 Å². The van der Waals surface area contributed by atoms with Crippen LogP contribution in [0.25, 0.3) is 0 Å². The topological polar surface area (TPSA) is 136 Å². The standard InChI is InChI=1S/C8H19O4P.C6H15NO3/c1-2-3-4-5-6-7-8-12-13(9,10)11;8-4-1-7(2-5-9)3-6-10/h2-8H2,1H3,(H2,9,10,11);8-10H,1-6H2/p-2. The van der Waals surface area contributed by atoms with E-state index >= 15 is 0 Å². The van der Waals surface area contributed by atoms with Crippen molar-refractivity contribution in [2.75, 3.05) is 46.1 Å². The van der Waals surface area contributed by atoms with Gasteiger partial charge in [0.05, 0.1) is 34.3 Å². The van der Waals surface area contributed by atoms with Gasteiger partial charge in [0.15, 0.2) is 0 Å². The molecule has 142 valence electrons. The molecule has 0 saturated carbocycles. The van der Waals surface area contributed by atoms with Crippen LogP contribution in [0.3, 0.4) is 0 Å². The number of rotatable bonds is 14. The van der Waals surface area contributed by atoms with E-state index in [0.717, 1.165) is 12.8 Å². The molecule has 0 bridgehead atoms.